The number of phenolic OH excluding ortho intramolecular Hbond substituents is 1. The van der Waals surface area contributed by atoms with Crippen molar-refractivity contribution < 1.29 is 14.6 Å². The van der Waals surface area contributed by atoms with Crippen molar-refractivity contribution >= 4 is 40.9 Å². The second-order valence-electron chi connectivity index (χ2n) is 4.68. The van der Waals surface area contributed by atoms with Crippen molar-refractivity contribution in [2.75, 3.05) is 12.4 Å². The van der Waals surface area contributed by atoms with Crippen LogP contribution in [0, 0.1) is 11.3 Å². The molecule has 0 aliphatic carbocycles. The predicted molar refractivity (Wildman–Crippen MR) is 93.3 cm³/mol. The summed E-state index contributed by atoms with van der Waals surface area (Å²) in [5.41, 5.74) is 0.612. The highest BCUT2D eigenvalue weighted by Gasteiger charge is 2.12. The van der Waals surface area contributed by atoms with Crippen LogP contribution >= 0.6 is 23.2 Å². The summed E-state index contributed by atoms with van der Waals surface area (Å²) in [6.07, 6.45) is 1.34. The van der Waals surface area contributed by atoms with Gasteiger partial charge in [0.2, 0.25) is 0 Å². The van der Waals surface area contributed by atoms with Crippen molar-refractivity contribution in [3.63, 3.8) is 0 Å². The molecule has 0 unspecified atom stereocenters. The molecule has 0 fully saturated rings. The molecule has 0 radical (unpaired) electrons. The first kappa shape index (κ1) is 17.7. The summed E-state index contributed by atoms with van der Waals surface area (Å²) in [5.74, 6) is -0.445. The largest absolute Gasteiger partial charge is 0.504 e. The van der Waals surface area contributed by atoms with Gasteiger partial charge in [-0.25, -0.2) is 0 Å². The van der Waals surface area contributed by atoms with E-state index in [4.69, 9.17) is 27.9 Å². The zero-order valence-electron chi connectivity index (χ0n) is 12.5. The summed E-state index contributed by atoms with van der Waals surface area (Å²) in [6, 6.07) is 10.9. The molecule has 5 nitrogen and oxygen atoms in total. The second kappa shape index (κ2) is 7.73. The van der Waals surface area contributed by atoms with Gasteiger partial charge in [-0.3, -0.25) is 4.79 Å². The van der Waals surface area contributed by atoms with Crippen LogP contribution in [0.3, 0.4) is 0 Å². The molecule has 7 heteroatoms. The molecule has 122 valence electrons. The first-order valence-electron chi connectivity index (χ1n) is 6.70. The van der Waals surface area contributed by atoms with E-state index in [1.165, 1.54) is 37.5 Å². The Morgan fingerprint density at radius 3 is 2.67 bits per heavy atom. The lowest BCUT2D eigenvalue weighted by Crippen LogP contribution is -2.13. The lowest BCUT2D eigenvalue weighted by molar-refractivity contribution is -0.112. The van der Waals surface area contributed by atoms with Gasteiger partial charge in [-0.2, -0.15) is 5.26 Å². The highest BCUT2D eigenvalue weighted by atomic mass is 35.5. The van der Waals surface area contributed by atoms with Gasteiger partial charge in [-0.1, -0.05) is 29.3 Å². The predicted octanol–water partition coefficient (Wildman–Crippen LogP) is 4.25. The number of nitriles is 1. The molecule has 2 aromatic rings. The van der Waals surface area contributed by atoms with E-state index in [1.54, 1.807) is 12.1 Å². The first-order chi connectivity index (χ1) is 11.4. The van der Waals surface area contributed by atoms with Crippen LogP contribution in [-0.4, -0.2) is 18.1 Å². The van der Waals surface area contributed by atoms with Crippen molar-refractivity contribution in [2.45, 2.75) is 0 Å². The summed E-state index contributed by atoms with van der Waals surface area (Å²) in [4.78, 5) is 12.2. The molecule has 1 amide bonds. The van der Waals surface area contributed by atoms with E-state index in [0.717, 1.165) is 0 Å². The smallest absolute Gasteiger partial charge is 0.266 e. The maximum atomic E-state index is 12.2. The Kier molecular flexibility index (Phi) is 5.69. The number of ether oxygens (including phenoxy) is 1. The molecular weight excluding hydrogens is 351 g/mol. The summed E-state index contributed by atoms with van der Waals surface area (Å²) in [7, 11) is 1.42. The number of nitrogens with one attached hydrogen (secondary N) is 1. The van der Waals surface area contributed by atoms with Crippen molar-refractivity contribution in [1.82, 2.24) is 0 Å². The topological polar surface area (TPSA) is 82.3 Å². The molecule has 0 heterocycles. The lowest BCUT2D eigenvalue weighted by Gasteiger charge is -2.07. The minimum absolute atomic E-state index is 0.0955. The number of benzene rings is 2. The standard InChI is InChI=1S/C17H12Cl2N2O3/c1-24-16-5-2-10(7-15(16)22)6-11(9-20)17(23)21-14-8-12(18)3-4-13(14)19/h2-8,22H,1H3,(H,21,23). The summed E-state index contributed by atoms with van der Waals surface area (Å²) >= 11 is 11.8. The summed E-state index contributed by atoms with van der Waals surface area (Å²) in [6.45, 7) is 0. The molecule has 0 saturated carbocycles. The molecule has 0 aromatic heterocycles. The molecular formula is C17H12Cl2N2O3. The third-order valence-electron chi connectivity index (χ3n) is 3.06. The number of phenols is 1. The summed E-state index contributed by atoms with van der Waals surface area (Å²) in [5, 5.41) is 22.2. The van der Waals surface area contributed by atoms with Gasteiger partial charge >= 0.3 is 0 Å². The zero-order chi connectivity index (χ0) is 17.7. The maximum Gasteiger partial charge on any atom is 0.266 e. The Hall–Kier alpha value is -2.68. The number of amides is 1. The van der Waals surface area contributed by atoms with Gasteiger partial charge in [0.15, 0.2) is 11.5 Å². The van der Waals surface area contributed by atoms with E-state index in [2.05, 4.69) is 5.32 Å². The van der Waals surface area contributed by atoms with Crippen molar-refractivity contribution in [3.05, 3.63) is 57.6 Å². The number of hydrogen-bond donors (Lipinski definition) is 2. The van der Waals surface area contributed by atoms with Crippen LogP contribution in [0.1, 0.15) is 5.56 Å². The molecule has 0 bridgehead atoms. The van der Waals surface area contributed by atoms with Gasteiger partial charge < -0.3 is 15.2 Å². The normalized spacial score (nSPS) is 10.8. The number of nitrogens with zero attached hydrogens (tertiary/aromatic N) is 1. The fraction of sp³-hybridized carbons (Fsp3) is 0.0588. The maximum absolute atomic E-state index is 12.2. The quantitative estimate of drug-likeness (QED) is 0.628. The van der Waals surface area contributed by atoms with Crippen LogP contribution in [0.5, 0.6) is 11.5 Å². The van der Waals surface area contributed by atoms with E-state index < -0.39 is 5.91 Å². The SMILES string of the molecule is COc1ccc(C=C(C#N)C(=O)Nc2cc(Cl)ccc2Cl)cc1O. The third kappa shape index (κ3) is 4.19. The molecule has 0 saturated heterocycles. The van der Waals surface area contributed by atoms with Gasteiger partial charge in [0.05, 0.1) is 17.8 Å². The lowest BCUT2D eigenvalue weighted by atomic mass is 10.1. The Bertz CT molecular complexity index is 857. The number of carbonyl (C=O) groups excluding carboxylic acids is 1. The fourth-order valence-electron chi connectivity index (χ4n) is 1.89. The van der Waals surface area contributed by atoms with Gasteiger partial charge in [-0.15, -0.1) is 0 Å². The monoisotopic (exact) mass is 362 g/mol. The Balaban J connectivity index is 2.27. The van der Waals surface area contributed by atoms with E-state index in [9.17, 15) is 15.2 Å². The van der Waals surface area contributed by atoms with E-state index in [1.807, 2.05) is 6.07 Å². The van der Waals surface area contributed by atoms with Crippen LogP contribution in [0.4, 0.5) is 5.69 Å². The van der Waals surface area contributed by atoms with Gasteiger partial charge in [0, 0.05) is 5.02 Å². The number of rotatable bonds is 4. The third-order valence-corrected chi connectivity index (χ3v) is 3.62. The van der Waals surface area contributed by atoms with Crippen molar-refractivity contribution in [3.8, 4) is 17.6 Å². The number of halogens is 2. The highest BCUT2D eigenvalue weighted by molar-refractivity contribution is 6.36. The van der Waals surface area contributed by atoms with Crippen LogP contribution in [0.25, 0.3) is 6.08 Å². The minimum Gasteiger partial charge on any atom is -0.504 e. The Morgan fingerprint density at radius 2 is 2.04 bits per heavy atom. The molecule has 2 N–H and O–H groups in total. The fourth-order valence-corrected chi connectivity index (χ4v) is 2.23. The number of methoxy groups -OCH3 is 1. The van der Waals surface area contributed by atoms with Crippen LogP contribution < -0.4 is 10.1 Å². The van der Waals surface area contributed by atoms with Crippen molar-refractivity contribution in [2.24, 2.45) is 0 Å². The van der Waals surface area contributed by atoms with Crippen LogP contribution in [0.2, 0.25) is 10.0 Å². The Morgan fingerprint density at radius 1 is 1.29 bits per heavy atom. The average Bonchev–Trinajstić information content (AvgIpc) is 2.56. The van der Waals surface area contributed by atoms with Gasteiger partial charge in [0.1, 0.15) is 11.6 Å². The number of carbonyl (C=O) groups is 1. The second-order valence-corrected chi connectivity index (χ2v) is 5.52. The number of aromatic hydroxyl groups is 1. The molecule has 0 aliphatic rings. The molecule has 0 aliphatic heterocycles. The zero-order valence-corrected chi connectivity index (χ0v) is 14.0. The van der Waals surface area contributed by atoms with Crippen LogP contribution in [-0.2, 0) is 4.79 Å². The number of hydrogen-bond acceptors (Lipinski definition) is 4. The molecule has 24 heavy (non-hydrogen) atoms. The molecule has 2 rings (SSSR count). The van der Waals surface area contributed by atoms with E-state index >= 15 is 0 Å². The Labute approximate surface area is 148 Å². The van der Waals surface area contributed by atoms with Gasteiger partial charge in [0.25, 0.3) is 5.91 Å². The molecule has 0 spiro atoms. The minimum atomic E-state index is -0.642. The molecule has 2 aromatic carbocycles. The van der Waals surface area contributed by atoms with Gasteiger partial charge in [-0.05, 0) is 42.0 Å². The molecule has 0 atom stereocenters. The highest BCUT2D eigenvalue weighted by Crippen LogP contribution is 2.28. The first-order valence-corrected chi connectivity index (χ1v) is 7.45. The van der Waals surface area contributed by atoms with Crippen LogP contribution in [0.15, 0.2) is 42.0 Å². The summed E-state index contributed by atoms with van der Waals surface area (Å²) < 4.78 is 4.94. The average molecular weight is 363 g/mol. The van der Waals surface area contributed by atoms with E-state index in [0.29, 0.717) is 27.0 Å². The number of anilines is 1. The van der Waals surface area contributed by atoms with Crippen molar-refractivity contribution in [1.29, 1.82) is 5.26 Å². The van der Waals surface area contributed by atoms with E-state index in [-0.39, 0.29) is 11.3 Å².